The normalized spacial score (nSPS) is 11.3. The highest BCUT2D eigenvalue weighted by Crippen LogP contribution is 2.36. The van der Waals surface area contributed by atoms with Crippen molar-refractivity contribution < 1.29 is 15.0 Å². The number of fused-ring (bicyclic) bond motifs is 1. The van der Waals surface area contributed by atoms with E-state index in [1.807, 2.05) is 55.9 Å². The second kappa shape index (κ2) is 5.56. The van der Waals surface area contributed by atoms with Gasteiger partial charge in [-0.15, -0.1) is 0 Å². The minimum atomic E-state index is -1.44. The van der Waals surface area contributed by atoms with Crippen LogP contribution in [0.4, 0.5) is 0 Å². The Morgan fingerprint density at radius 3 is 2.58 bits per heavy atom. The number of rotatable bonds is 3. The molecule has 6 heteroatoms. The number of pyridine rings is 1. The van der Waals surface area contributed by atoms with Gasteiger partial charge in [0.2, 0.25) is 0 Å². The standard InChI is InChI=1S/C18H18N2O4/c1-9(2)13-15(19-17(22)14(16(13)21)18(23)24)11-4-5-12-10(8-11)6-7-20(12)3/h4-9H,1-3H3,(H,23,24)(H2,19,21,22). The fourth-order valence-corrected chi connectivity index (χ4v) is 3.03. The van der Waals surface area contributed by atoms with Crippen LogP contribution >= 0.6 is 0 Å². The van der Waals surface area contributed by atoms with Gasteiger partial charge in [0.05, 0.1) is 5.69 Å². The van der Waals surface area contributed by atoms with E-state index < -0.39 is 22.8 Å². The number of H-pyrrole nitrogens is 1. The van der Waals surface area contributed by atoms with E-state index in [-0.39, 0.29) is 5.92 Å². The topological polar surface area (TPSA) is 95.3 Å². The van der Waals surface area contributed by atoms with Crippen molar-refractivity contribution in [1.29, 1.82) is 0 Å². The Morgan fingerprint density at radius 1 is 1.25 bits per heavy atom. The first-order valence-electron chi connectivity index (χ1n) is 7.59. The van der Waals surface area contributed by atoms with Crippen LogP contribution in [0.1, 0.15) is 35.7 Å². The molecule has 0 aliphatic rings. The summed E-state index contributed by atoms with van der Waals surface area (Å²) >= 11 is 0. The van der Waals surface area contributed by atoms with Crippen LogP contribution in [0.3, 0.4) is 0 Å². The maximum absolute atomic E-state index is 12.1. The van der Waals surface area contributed by atoms with E-state index in [0.717, 1.165) is 16.5 Å². The number of hydrogen-bond acceptors (Lipinski definition) is 3. The first kappa shape index (κ1) is 15.9. The molecule has 0 saturated heterocycles. The zero-order valence-corrected chi connectivity index (χ0v) is 13.6. The fourth-order valence-electron chi connectivity index (χ4n) is 3.03. The number of nitrogens with one attached hydrogen (secondary N) is 1. The van der Waals surface area contributed by atoms with Crippen molar-refractivity contribution in [3.8, 4) is 17.0 Å². The second-order valence-corrected chi connectivity index (χ2v) is 6.13. The van der Waals surface area contributed by atoms with Crippen molar-refractivity contribution in [1.82, 2.24) is 9.55 Å². The van der Waals surface area contributed by atoms with E-state index >= 15 is 0 Å². The summed E-state index contributed by atoms with van der Waals surface area (Å²) in [7, 11) is 1.94. The molecule has 2 heterocycles. The molecule has 0 saturated carbocycles. The van der Waals surface area contributed by atoms with Crippen molar-refractivity contribution in [2.45, 2.75) is 19.8 Å². The average Bonchev–Trinajstić information content (AvgIpc) is 2.86. The molecule has 2 aromatic heterocycles. The Morgan fingerprint density at radius 2 is 1.96 bits per heavy atom. The molecule has 0 aliphatic carbocycles. The van der Waals surface area contributed by atoms with E-state index in [1.165, 1.54) is 0 Å². The second-order valence-electron chi connectivity index (χ2n) is 6.13. The number of carboxylic acid groups (broad SMARTS) is 1. The highest BCUT2D eigenvalue weighted by molar-refractivity contribution is 5.92. The monoisotopic (exact) mass is 326 g/mol. The lowest BCUT2D eigenvalue weighted by Gasteiger charge is -2.16. The first-order valence-corrected chi connectivity index (χ1v) is 7.59. The minimum absolute atomic E-state index is 0.165. The van der Waals surface area contributed by atoms with E-state index in [9.17, 15) is 19.8 Å². The van der Waals surface area contributed by atoms with Gasteiger partial charge in [-0.25, -0.2) is 4.79 Å². The maximum Gasteiger partial charge on any atom is 0.345 e. The Hall–Kier alpha value is -3.02. The molecule has 0 atom stereocenters. The van der Waals surface area contributed by atoms with Crippen molar-refractivity contribution >= 4 is 16.9 Å². The highest BCUT2D eigenvalue weighted by Gasteiger charge is 2.24. The molecule has 24 heavy (non-hydrogen) atoms. The predicted molar refractivity (Wildman–Crippen MR) is 91.7 cm³/mol. The van der Waals surface area contributed by atoms with Gasteiger partial charge >= 0.3 is 5.97 Å². The van der Waals surface area contributed by atoms with Gasteiger partial charge in [0.25, 0.3) is 5.56 Å². The fraction of sp³-hybridized carbons (Fsp3) is 0.222. The van der Waals surface area contributed by atoms with Gasteiger partial charge in [-0.1, -0.05) is 19.9 Å². The van der Waals surface area contributed by atoms with Crippen LogP contribution in [0.15, 0.2) is 35.3 Å². The van der Waals surface area contributed by atoms with Crippen LogP contribution in [-0.2, 0) is 7.05 Å². The molecule has 3 rings (SSSR count). The summed E-state index contributed by atoms with van der Waals surface area (Å²) in [6.07, 6.45) is 1.94. The van der Waals surface area contributed by atoms with E-state index in [4.69, 9.17) is 0 Å². The molecule has 0 fully saturated rings. The Balaban J connectivity index is 2.33. The summed E-state index contributed by atoms with van der Waals surface area (Å²) in [6, 6.07) is 7.64. The third-order valence-electron chi connectivity index (χ3n) is 4.19. The van der Waals surface area contributed by atoms with Crippen molar-refractivity contribution in [3.63, 3.8) is 0 Å². The SMILES string of the molecule is CC(C)c1c(-c2ccc3c(ccn3C)c2)[nH]c(=O)c(C(=O)O)c1O. The minimum Gasteiger partial charge on any atom is -0.506 e. The molecule has 0 amide bonds. The smallest absolute Gasteiger partial charge is 0.345 e. The van der Waals surface area contributed by atoms with Crippen molar-refractivity contribution in [2.24, 2.45) is 7.05 Å². The van der Waals surface area contributed by atoms with Gasteiger partial charge in [-0.05, 0) is 29.7 Å². The zero-order chi connectivity index (χ0) is 17.6. The van der Waals surface area contributed by atoms with Gasteiger partial charge < -0.3 is 19.8 Å². The molecule has 0 aliphatic heterocycles. The molecular weight excluding hydrogens is 308 g/mol. The van der Waals surface area contributed by atoms with Crippen molar-refractivity contribution in [3.05, 3.63) is 51.9 Å². The number of aromatic carboxylic acids is 1. The number of aromatic hydroxyl groups is 1. The van der Waals surface area contributed by atoms with Gasteiger partial charge in [0.15, 0.2) is 5.56 Å². The third kappa shape index (κ3) is 2.36. The molecule has 124 valence electrons. The van der Waals surface area contributed by atoms with Gasteiger partial charge in [-0.3, -0.25) is 4.79 Å². The summed E-state index contributed by atoms with van der Waals surface area (Å²) in [6.45, 7) is 3.67. The number of aromatic amines is 1. The summed E-state index contributed by atoms with van der Waals surface area (Å²) in [5, 5.41) is 20.5. The van der Waals surface area contributed by atoms with Crippen LogP contribution in [0, 0.1) is 0 Å². The molecule has 0 unspecified atom stereocenters. The highest BCUT2D eigenvalue weighted by atomic mass is 16.4. The summed E-state index contributed by atoms with van der Waals surface area (Å²) < 4.78 is 1.98. The maximum atomic E-state index is 12.1. The first-order chi connectivity index (χ1) is 11.3. The largest absolute Gasteiger partial charge is 0.506 e. The molecule has 3 aromatic rings. The molecule has 0 radical (unpaired) electrons. The van der Waals surface area contributed by atoms with E-state index in [2.05, 4.69) is 4.98 Å². The molecule has 0 bridgehead atoms. The van der Waals surface area contributed by atoms with E-state index in [0.29, 0.717) is 11.3 Å². The third-order valence-corrected chi connectivity index (χ3v) is 4.19. The number of nitrogens with zero attached hydrogens (tertiary/aromatic N) is 1. The molecular formula is C18H18N2O4. The van der Waals surface area contributed by atoms with Crippen LogP contribution in [0.5, 0.6) is 5.75 Å². The zero-order valence-electron chi connectivity index (χ0n) is 13.6. The van der Waals surface area contributed by atoms with Gasteiger partial charge in [-0.2, -0.15) is 0 Å². The Labute approximate surface area is 138 Å². The predicted octanol–water partition coefficient (Wildman–Crippen LogP) is 3.06. The Bertz CT molecular complexity index is 1010. The van der Waals surface area contributed by atoms with Crippen LogP contribution in [-0.4, -0.2) is 25.7 Å². The summed E-state index contributed by atoms with van der Waals surface area (Å²) in [4.78, 5) is 26.0. The lowest BCUT2D eigenvalue weighted by molar-refractivity contribution is 0.0691. The molecule has 1 aromatic carbocycles. The van der Waals surface area contributed by atoms with Gasteiger partial charge in [0.1, 0.15) is 5.75 Å². The van der Waals surface area contributed by atoms with Crippen LogP contribution in [0.25, 0.3) is 22.2 Å². The number of aromatic nitrogens is 2. The summed E-state index contributed by atoms with van der Waals surface area (Å²) in [5.41, 5.74) is 1.20. The molecule has 6 nitrogen and oxygen atoms in total. The number of hydrogen-bond donors (Lipinski definition) is 3. The Kier molecular flexibility index (Phi) is 3.67. The molecule has 3 N–H and O–H groups in total. The van der Waals surface area contributed by atoms with E-state index in [1.54, 1.807) is 0 Å². The number of aryl methyl sites for hydroxylation is 1. The molecule has 0 spiro atoms. The quantitative estimate of drug-likeness (QED) is 0.689. The lowest BCUT2D eigenvalue weighted by atomic mass is 9.94. The van der Waals surface area contributed by atoms with Crippen molar-refractivity contribution in [2.75, 3.05) is 0 Å². The van der Waals surface area contributed by atoms with Gasteiger partial charge in [0, 0.05) is 29.7 Å². The number of carbonyl (C=O) groups is 1. The number of carboxylic acids is 1. The van der Waals surface area contributed by atoms with Crippen LogP contribution in [0.2, 0.25) is 0 Å². The lowest BCUT2D eigenvalue weighted by Crippen LogP contribution is -2.20. The van der Waals surface area contributed by atoms with Crippen LogP contribution < -0.4 is 5.56 Å². The average molecular weight is 326 g/mol. The summed E-state index contributed by atoms with van der Waals surface area (Å²) in [5.74, 6) is -2.08. The number of benzene rings is 1.